The highest BCUT2D eigenvalue weighted by Crippen LogP contribution is 2.56. The average molecular weight is 147 g/mol. The third kappa shape index (κ3) is 0.764. The molecule has 1 nitrogen and oxygen atoms in total. The van der Waals surface area contributed by atoms with Crippen LogP contribution in [0.5, 0.6) is 0 Å². The first-order chi connectivity index (χ1) is 4.61. The Balaban J connectivity index is 2.01. The summed E-state index contributed by atoms with van der Waals surface area (Å²) in [4.78, 5) is 0. The molecule has 1 heterocycles. The largest absolute Gasteiger partial charge is 0.316 e. The van der Waals surface area contributed by atoms with Gasteiger partial charge in [-0.1, -0.05) is 0 Å². The maximum absolute atomic E-state index is 12.6. The van der Waals surface area contributed by atoms with E-state index in [4.69, 9.17) is 0 Å². The SMILES string of the molecule is CC(F)(F)C1C2CNCC21. The molecule has 58 valence electrons. The fourth-order valence-corrected chi connectivity index (χ4v) is 2.17. The molecule has 0 aromatic carbocycles. The summed E-state index contributed by atoms with van der Waals surface area (Å²) in [6.07, 6.45) is 0. The molecular formula is C7H11F2N. The minimum absolute atomic E-state index is 0.278. The number of hydrogen-bond donors (Lipinski definition) is 1. The van der Waals surface area contributed by atoms with Crippen LogP contribution in [-0.2, 0) is 0 Å². The number of rotatable bonds is 1. The van der Waals surface area contributed by atoms with Crippen LogP contribution in [0.15, 0.2) is 0 Å². The Morgan fingerprint density at radius 3 is 2.10 bits per heavy atom. The number of hydrogen-bond acceptors (Lipinski definition) is 1. The average Bonchev–Trinajstić information content (AvgIpc) is 2.30. The van der Waals surface area contributed by atoms with Crippen LogP contribution in [0.1, 0.15) is 6.92 Å². The van der Waals surface area contributed by atoms with Crippen molar-refractivity contribution in [2.75, 3.05) is 13.1 Å². The molecule has 2 unspecified atom stereocenters. The van der Waals surface area contributed by atoms with Crippen LogP contribution >= 0.6 is 0 Å². The van der Waals surface area contributed by atoms with E-state index >= 15 is 0 Å². The summed E-state index contributed by atoms with van der Waals surface area (Å²) in [5.74, 6) is -2.19. The van der Waals surface area contributed by atoms with E-state index in [-0.39, 0.29) is 17.8 Å². The second kappa shape index (κ2) is 1.70. The summed E-state index contributed by atoms with van der Waals surface area (Å²) in [5, 5.41) is 3.09. The van der Waals surface area contributed by atoms with Gasteiger partial charge in [-0.3, -0.25) is 0 Å². The standard InChI is InChI=1S/C7H11F2N/c1-7(8,9)6-4-2-10-3-5(4)6/h4-6,10H,2-3H2,1H3. The Labute approximate surface area is 58.8 Å². The van der Waals surface area contributed by atoms with E-state index in [0.717, 1.165) is 20.0 Å². The van der Waals surface area contributed by atoms with Gasteiger partial charge in [-0.15, -0.1) is 0 Å². The molecule has 2 atom stereocenters. The van der Waals surface area contributed by atoms with Crippen molar-refractivity contribution in [2.45, 2.75) is 12.8 Å². The third-order valence-electron chi connectivity index (χ3n) is 2.68. The van der Waals surface area contributed by atoms with E-state index in [2.05, 4.69) is 5.32 Å². The number of piperidine rings is 1. The summed E-state index contributed by atoms with van der Waals surface area (Å²) < 4.78 is 25.2. The molecule has 0 bridgehead atoms. The molecule has 0 aromatic rings. The Kier molecular flexibility index (Phi) is 1.11. The van der Waals surface area contributed by atoms with E-state index in [1.165, 1.54) is 0 Å². The van der Waals surface area contributed by atoms with Crippen LogP contribution < -0.4 is 5.32 Å². The first kappa shape index (κ1) is 6.53. The molecule has 2 fully saturated rings. The minimum Gasteiger partial charge on any atom is -0.316 e. The zero-order valence-corrected chi connectivity index (χ0v) is 5.90. The third-order valence-corrected chi connectivity index (χ3v) is 2.68. The topological polar surface area (TPSA) is 12.0 Å². The lowest BCUT2D eigenvalue weighted by atomic mass is 10.2. The van der Waals surface area contributed by atoms with Gasteiger partial charge in [0.25, 0.3) is 0 Å². The van der Waals surface area contributed by atoms with Crippen molar-refractivity contribution in [3.63, 3.8) is 0 Å². The fourth-order valence-electron chi connectivity index (χ4n) is 2.17. The van der Waals surface area contributed by atoms with Gasteiger partial charge in [0.1, 0.15) is 0 Å². The van der Waals surface area contributed by atoms with E-state index < -0.39 is 5.92 Å². The summed E-state index contributed by atoms with van der Waals surface area (Å²) in [6, 6.07) is 0. The Bertz CT molecular complexity index is 142. The number of halogens is 2. The normalized spacial score (nSPS) is 45.3. The predicted molar refractivity (Wildman–Crippen MR) is 34.0 cm³/mol. The number of nitrogens with one attached hydrogen (secondary N) is 1. The molecular weight excluding hydrogens is 136 g/mol. The molecule has 0 amide bonds. The van der Waals surface area contributed by atoms with Gasteiger partial charge in [0.05, 0.1) is 0 Å². The Hall–Kier alpha value is -0.180. The van der Waals surface area contributed by atoms with Crippen LogP contribution in [0.2, 0.25) is 0 Å². The number of alkyl halides is 2. The predicted octanol–water partition coefficient (Wildman–Crippen LogP) is 1.11. The maximum atomic E-state index is 12.6. The van der Waals surface area contributed by atoms with Gasteiger partial charge in [0.15, 0.2) is 0 Å². The van der Waals surface area contributed by atoms with Gasteiger partial charge in [0.2, 0.25) is 5.92 Å². The van der Waals surface area contributed by atoms with E-state index in [1.54, 1.807) is 0 Å². The molecule has 0 spiro atoms. The van der Waals surface area contributed by atoms with Gasteiger partial charge in [0, 0.05) is 5.92 Å². The maximum Gasteiger partial charge on any atom is 0.248 e. The van der Waals surface area contributed by atoms with Gasteiger partial charge in [-0.25, -0.2) is 8.78 Å². The monoisotopic (exact) mass is 147 g/mol. The first-order valence-electron chi connectivity index (χ1n) is 3.69. The summed E-state index contributed by atoms with van der Waals surface area (Å²) >= 11 is 0. The molecule has 1 N–H and O–H groups in total. The zero-order valence-electron chi connectivity index (χ0n) is 5.90. The molecule has 3 heteroatoms. The van der Waals surface area contributed by atoms with E-state index in [1.807, 2.05) is 0 Å². The molecule has 1 aliphatic carbocycles. The highest BCUT2D eigenvalue weighted by atomic mass is 19.3. The van der Waals surface area contributed by atoms with Gasteiger partial charge >= 0.3 is 0 Å². The van der Waals surface area contributed by atoms with Crippen LogP contribution in [0.3, 0.4) is 0 Å². The summed E-state index contributed by atoms with van der Waals surface area (Å²) in [5.41, 5.74) is 0. The fraction of sp³-hybridized carbons (Fsp3) is 1.00. The van der Waals surface area contributed by atoms with Gasteiger partial charge in [-0.2, -0.15) is 0 Å². The summed E-state index contributed by atoms with van der Waals surface area (Å²) in [7, 11) is 0. The lowest BCUT2D eigenvalue weighted by Crippen LogP contribution is -2.24. The molecule has 0 aromatic heterocycles. The zero-order chi connectivity index (χ0) is 7.35. The lowest BCUT2D eigenvalue weighted by Gasteiger charge is -2.11. The summed E-state index contributed by atoms with van der Waals surface area (Å²) in [6.45, 7) is 2.65. The molecule has 10 heavy (non-hydrogen) atoms. The van der Waals surface area contributed by atoms with Crippen LogP contribution in [0.25, 0.3) is 0 Å². The molecule has 2 aliphatic rings. The van der Waals surface area contributed by atoms with Gasteiger partial charge < -0.3 is 5.32 Å². The molecule has 1 saturated carbocycles. The first-order valence-corrected chi connectivity index (χ1v) is 3.69. The Morgan fingerprint density at radius 2 is 1.80 bits per heavy atom. The van der Waals surface area contributed by atoms with Crippen molar-refractivity contribution in [1.29, 1.82) is 0 Å². The van der Waals surface area contributed by atoms with Crippen molar-refractivity contribution >= 4 is 0 Å². The van der Waals surface area contributed by atoms with Crippen LogP contribution in [0, 0.1) is 17.8 Å². The lowest BCUT2D eigenvalue weighted by molar-refractivity contribution is -0.0135. The highest BCUT2D eigenvalue weighted by molar-refractivity contribution is 5.08. The van der Waals surface area contributed by atoms with Crippen LogP contribution in [-0.4, -0.2) is 19.0 Å². The van der Waals surface area contributed by atoms with Crippen molar-refractivity contribution in [2.24, 2.45) is 17.8 Å². The molecule has 0 radical (unpaired) electrons. The van der Waals surface area contributed by atoms with E-state index in [9.17, 15) is 8.78 Å². The van der Waals surface area contributed by atoms with Gasteiger partial charge in [-0.05, 0) is 31.8 Å². The van der Waals surface area contributed by atoms with Crippen molar-refractivity contribution in [1.82, 2.24) is 5.32 Å². The number of fused-ring (bicyclic) bond motifs is 1. The van der Waals surface area contributed by atoms with E-state index in [0.29, 0.717) is 0 Å². The van der Waals surface area contributed by atoms with Crippen molar-refractivity contribution in [3.8, 4) is 0 Å². The van der Waals surface area contributed by atoms with Crippen molar-refractivity contribution < 1.29 is 8.78 Å². The molecule has 1 aliphatic heterocycles. The second-order valence-corrected chi connectivity index (χ2v) is 3.47. The Morgan fingerprint density at radius 1 is 1.30 bits per heavy atom. The van der Waals surface area contributed by atoms with Crippen LogP contribution in [0.4, 0.5) is 8.78 Å². The molecule has 1 saturated heterocycles. The second-order valence-electron chi connectivity index (χ2n) is 3.47. The molecule has 2 rings (SSSR count). The quantitative estimate of drug-likeness (QED) is 0.585. The van der Waals surface area contributed by atoms with Crippen molar-refractivity contribution in [3.05, 3.63) is 0 Å². The smallest absolute Gasteiger partial charge is 0.248 e. The minimum atomic E-state index is -2.43. The highest BCUT2D eigenvalue weighted by Gasteiger charge is 2.62.